The van der Waals surface area contributed by atoms with Crippen molar-refractivity contribution in [2.75, 3.05) is 17.6 Å². The summed E-state index contributed by atoms with van der Waals surface area (Å²) in [7, 11) is 0. The number of amides is 4. The standard InChI is InChI=1S/C58H57N7O9S3/c1-56(2,3)72-54(69)60-37-59-33-22-34-75-44-36-76-51-46(50(67)65(51)47(44)52(68)71-48(38-23-12-7-13-24-38)39-25-14-8-15-26-39)62-49(66)45(43-35-77-53(61-43)63-55(70)73-57(4,5)6)64-74-58(40-27-16-9-17-28-40,41-29-18-10-19-30-41)42-31-20-11-21-32-42/h7-32,34-35,37,46,48,51H,33,36H2,1-6H3,(H,62,66)(H,59,60,69)(H,61,63,70)/b34-22+,64-45-/t46?,51-/m1/s1. The predicted octanol–water partition coefficient (Wildman–Crippen LogP) is 10.9. The zero-order valence-electron chi connectivity index (χ0n) is 43.1. The quantitative estimate of drug-likeness (QED) is 0.0140. The van der Waals surface area contributed by atoms with Gasteiger partial charge < -0.3 is 24.4 Å². The van der Waals surface area contributed by atoms with E-state index < -0.39 is 64.3 Å². The van der Waals surface area contributed by atoms with E-state index in [1.54, 1.807) is 58.4 Å². The fraction of sp³-hybridized carbons (Fsp3) is 0.241. The number of rotatable bonds is 18. The van der Waals surface area contributed by atoms with Crippen molar-refractivity contribution in [2.24, 2.45) is 10.1 Å². The number of fused-ring (bicyclic) bond motifs is 1. The molecule has 2 atom stereocenters. The minimum Gasteiger partial charge on any atom is -0.448 e. The number of oxime groups is 1. The molecule has 0 radical (unpaired) electrons. The number of benzene rings is 5. The summed E-state index contributed by atoms with van der Waals surface area (Å²) in [6.45, 7) is 10.7. The highest BCUT2D eigenvalue weighted by Gasteiger charge is 2.55. The lowest BCUT2D eigenvalue weighted by Crippen LogP contribution is -2.71. The van der Waals surface area contributed by atoms with Crippen LogP contribution in [0.4, 0.5) is 14.7 Å². The Hall–Kier alpha value is -8.00. The summed E-state index contributed by atoms with van der Waals surface area (Å²) < 4.78 is 17.1. The first-order valence-electron chi connectivity index (χ1n) is 24.5. The second kappa shape index (κ2) is 24.8. The molecule has 0 spiro atoms. The second-order valence-electron chi connectivity index (χ2n) is 19.3. The van der Waals surface area contributed by atoms with Crippen molar-refractivity contribution >= 4 is 82.0 Å². The van der Waals surface area contributed by atoms with Crippen molar-refractivity contribution in [3.05, 3.63) is 213 Å². The number of anilines is 1. The van der Waals surface area contributed by atoms with Crippen LogP contribution in [0.1, 0.15) is 81.2 Å². The normalized spacial score (nSPS) is 15.9. The zero-order valence-corrected chi connectivity index (χ0v) is 45.5. The molecule has 396 valence electrons. The van der Waals surface area contributed by atoms with Gasteiger partial charge in [0.15, 0.2) is 16.9 Å². The molecule has 6 aromatic rings. The van der Waals surface area contributed by atoms with E-state index in [1.807, 2.05) is 152 Å². The summed E-state index contributed by atoms with van der Waals surface area (Å²) in [6.07, 6.45) is 0.763. The van der Waals surface area contributed by atoms with Crippen molar-refractivity contribution in [3.8, 4) is 0 Å². The number of ether oxygens (including phenoxy) is 3. The van der Waals surface area contributed by atoms with Crippen LogP contribution >= 0.6 is 34.9 Å². The minimum atomic E-state index is -1.41. The van der Waals surface area contributed by atoms with Gasteiger partial charge in [-0.05, 0) is 58.1 Å². The third-order valence-electron chi connectivity index (χ3n) is 11.4. The molecule has 4 amide bonds. The first-order chi connectivity index (χ1) is 37.0. The highest BCUT2D eigenvalue weighted by atomic mass is 32.2. The van der Waals surface area contributed by atoms with Crippen molar-refractivity contribution in [1.82, 2.24) is 20.5 Å². The van der Waals surface area contributed by atoms with Gasteiger partial charge in [-0.15, -0.1) is 23.1 Å². The van der Waals surface area contributed by atoms with Crippen LogP contribution in [-0.4, -0.2) is 86.8 Å². The van der Waals surface area contributed by atoms with Gasteiger partial charge in [0.25, 0.3) is 11.8 Å². The van der Waals surface area contributed by atoms with Crippen LogP contribution in [0, 0.1) is 0 Å². The highest BCUT2D eigenvalue weighted by molar-refractivity contribution is 8.08. The number of thiazole rings is 1. The van der Waals surface area contributed by atoms with Gasteiger partial charge in [0.05, 0.1) is 12.9 Å². The molecule has 16 nitrogen and oxygen atoms in total. The molecule has 0 bridgehead atoms. The molecule has 3 heterocycles. The van der Waals surface area contributed by atoms with Crippen LogP contribution < -0.4 is 16.0 Å². The molecule has 0 saturated carbocycles. The van der Waals surface area contributed by atoms with Gasteiger partial charge in [-0.1, -0.05) is 175 Å². The lowest BCUT2D eigenvalue weighted by Gasteiger charge is -2.49. The van der Waals surface area contributed by atoms with E-state index >= 15 is 0 Å². The number of thioether (sulfide) groups is 2. The van der Waals surface area contributed by atoms with Gasteiger partial charge in [0, 0.05) is 32.7 Å². The number of hydrogen-bond acceptors (Lipinski definition) is 15. The third-order valence-corrected chi connectivity index (χ3v) is 14.6. The van der Waals surface area contributed by atoms with Gasteiger partial charge in [0.2, 0.25) is 5.60 Å². The van der Waals surface area contributed by atoms with Crippen LogP contribution in [0.15, 0.2) is 189 Å². The molecule has 1 fully saturated rings. The number of nitrogens with one attached hydrogen (secondary N) is 3. The van der Waals surface area contributed by atoms with Gasteiger partial charge in [-0.3, -0.25) is 30.1 Å². The number of alkyl carbamates (subject to hydrolysis) is 1. The van der Waals surface area contributed by atoms with Crippen molar-refractivity contribution < 1.29 is 43.0 Å². The third kappa shape index (κ3) is 13.9. The second-order valence-corrected chi connectivity index (χ2v) is 22.3. The Balaban J connectivity index is 1.12. The number of β-lactam (4-membered cyclic amide) rings is 1. The zero-order chi connectivity index (χ0) is 54.6. The van der Waals surface area contributed by atoms with Crippen LogP contribution in [0.25, 0.3) is 0 Å². The summed E-state index contributed by atoms with van der Waals surface area (Å²) in [5, 5.41) is 15.3. The molecule has 0 aliphatic carbocycles. The Kier molecular flexibility index (Phi) is 17.8. The lowest BCUT2D eigenvalue weighted by atomic mass is 9.80. The fourth-order valence-corrected chi connectivity index (χ4v) is 11.1. The topological polar surface area (TPSA) is 199 Å². The molecular weight excluding hydrogens is 1030 g/mol. The summed E-state index contributed by atoms with van der Waals surface area (Å²) in [5.41, 5.74) is 0.433. The lowest BCUT2D eigenvalue weighted by molar-refractivity contribution is -0.154. The predicted molar refractivity (Wildman–Crippen MR) is 301 cm³/mol. The maximum Gasteiger partial charge on any atom is 0.413 e. The monoisotopic (exact) mass is 1090 g/mol. The number of hydrogen-bond donors (Lipinski definition) is 3. The molecule has 1 unspecified atom stereocenters. The Bertz CT molecular complexity index is 3030. The van der Waals surface area contributed by atoms with Gasteiger partial charge in [-0.2, -0.15) is 0 Å². The minimum absolute atomic E-state index is 0.0267. The fourth-order valence-electron chi connectivity index (χ4n) is 8.15. The molecule has 77 heavy (non-hydrogen) atoms. The molecule has 1 saturated heterocycles. The number of aliphatic imine (C=N–C) groups is 1. The van der Waals surface area contributed by atoms with E-state index in [2.05, 4.69) is 31.1 Å². The molecule has 3 N–H and O–H groups in total. The van der Waals surface area contributed by atoms with Gasteiger partial charge in [0.1, 0.15) is 34.0 Å². The van der Waals surface area contributed by atoms with E-state index in [4.69, 9.17) is 19.0 Å². The van der Waals surface area contributed by atoms with E-state index in [1.165, 1.54) is 34.8 Å². The van der Waals surface area contributed by atoms with Crippen LogP contribution in [0.5, 0.6) is 0 Å². The van der Waals surface area contributed by atoms with E-state index in [9.17, 15) is 24.0 Å². The maximum atomic E-state index is 15.0. The maximum absolute atomic E-state index is 15.0. The Morgan fingerprint density at radius 1 is 0.753 bits per heavy atom. The summed E-state index contributed by atoms with van der Waals surface area (Å²) in [4.78, 5) is 86.9. The van der Waals surface area contributed by atoms with Crippen molar-refractivity contribution in [3.63, 3.8) is 0 Å². The molecule has 19 heteroatoms. The highest BCUT2D eigenvalue weighted by Crippen LogP contribution is 2.45. The Morgan fingerprint density at radius 2 is 1.27 bits per heavy atom. The average Bonchev–Trinajstić information content (AvgIpc) is 3.91. The number of nitrogens with zero attached hydrogens (tertiary/aromatic N) is 4. The first-order valence-corrected chi connectivity index (χ1v) is 27.3. The Labute approximate surface area is 459 Å². The van der Waals surface area contributed by atoms with Crippen molar-refractivity contribution in [1.29, 1.82) is 0 Å². The van der Waals surface area contributed by atoms with E-state index in [0.29, 0.717) is 21.6 Å². The largest absolute Gasteiger partial charge is 0.448 e. The molecule has 2 aliphatic heterocycles. The summed E-state index contributed by atoms with van der Waals surface area (Å²) in [6, 6.07) is 45.9. The molecule has 5 aromatic carbocycles. The van der Waals surface area contributed by atoms with Gasteiger partial charge in [-0.25, -0.2) is 19.4 Å². The van der Waals surface area contributed by atoms with Crippen molar-refractivity contribution in [2.45, 2.75) is 75.9 Å². The molecule has 2 aliphatic rings. The molecular formula is C58H57N7O9S3. The van der Waals surface area contributed by atoms with Gasteiger partial charge >= 0.3 is 18.2 Å². The number of aromatic nitrogens is 1. The smallest absolute Gasteiger partial charge is 0.413 e. The number of carbonyl (C=O) groups excluding carboxylic acids is 5. The van der Waals surface area contributed by atoms with Crippen LogP contribution in [-0.2, 0) is 39.0 Å². The van der Waals surface area contributed by atoms with Crippen LogP contribution in [0.3, 0.4) is 0 Å². The first kappa shape index (κ1) is 55.2. The average molecular weight is 1090 g/mol. The van der Waals surface area contributed by atoms with E-state index in [0.717, 1.165) is 22.5 Å². The number of carbonyl (C=O) groups is 5. The Morgan fingerprint density at radius 3 is 1.81 bits per heavy atom. The molecule has 8 rings (SSSR count). The van der Waals surface area contributed by atoms with E-state index in [-0.39, 0.29) is 34.5 Å². The number of esters is 1. The summed E-state index contributed by atoms with van der Waals surface area (Å²) in [5.74, 6) is -1.87. The van der Waals surface area contributed by atoms with Crippen LogP contribution in [0.2, 0.25) is 0 Å². The molecule has 1 aromatic heterocycles. The SMILES string of the molecule is CC(C)(C)OC(=O)NC=NC/C=C/SC1=C(C(=O)OC(c2ccccc2)c2ccccc2)N2C(=O)C(NC(=O)/C(=N\OC(c3ccccc3)(c3ccccc3)c3ccccc3)c3csc(NC(=O)OC(C)(C)C)n3)[C@H]2SC1. The summed E-state index contributed by atoms with van der Waals surface area (Å²) >= 11 is 3.61.